The van der Waals surface area contributed by atoms with Gasteiger partial charge in [-0.2, -0.15) is 0 Å². The number of fused-ring (bicyclic) bond motifs is 1. The van der Waals surface area contributed by atoms with Gasteiger partial charge in [0, 0.05) is 13.1 Å². The van der Waals surface area contributed by atoms with Crippen molar-refractivity contribution >= 4 is 27.5 Å². The fourth-order valence-corrected chi connectivity index (χ4v) is 3.15. The number of amides is 1. The van der Waals surface area contributed by atoms with Gasteiger partial charge in [-0.25, -0.2) is 4.98 Å². The summed E-state index contributed by atoms with van der Waals surface area (Å²) in [6.45, 7) is 2.62. The van der Waals surface area contributed by atoms with Gasteiger partial charge in [0.2, 0.25) is 0 Å². The van der Waals surface area contributed by atoms with Gasteiger partial charge in [0.15, 0.2) is 16.5 Å². The molecule has 0 aliphatic heterocycles. The Labute approximate surface area is 131 Å². The van der Waals surface area contributed by atoms with Gasteiger partial charge < -0.3 is 14.4 Å². The lowest BCUT2D eigenvalue weighted by molar-refractivity contribution is 0.0701. The summed E-state index contributed by atoms with van der Waals surface area (Å²) in [6, 6.07) is 11.3. The summed E-state index contributed by atoms with van der Waals surface area (Å²) in [4.78, 5) is 18.3. The van der Waals surface area contributed by atoms with Crippen LogP contribution in [-0.4, -0.2) is 40.6 Å². The Balaban J connectivity index is 1.88. The summed E-state index contributed by atoms with van der Waals surface area (Å²) in [5.74, 6) is 0.637. The number of aliphatic hydroxyl groups is 1. The lowest BCUT2D eigenvalue weighted by Crippen LogP contribution is -2.33. The van der Waals surface area contributed by atoms with Gasteiger partial charge in [0.05, 0.1) is 16.8 Å². The van der Waals surface area contributed by atoms with Crippen molar-refractivity contribution in [3.63, 3.8) is 0 Å². The van der Waals surface area contributed by atoms with E-state index in [-0.39, 0.29) is 18.3 Å². The highest BCUT2D eigenvalue weighted by Gasteiger charge is 2.19. The number of hydrogen-bond donors (Lipinski definition) is 1. The molecule has 0 spiro atoms. The number of aliphatic hydroxyl groups excluding tert-OH is 1. The van der Waals surface area contributed by atoms with E-state index in [4.69, 9.17) is 9.52 Å². The Morgan fingerprint density at radius 2 is 2.14 bits per heavy atom. The number of carbonyl (C=O) groups excluding carboxylic acids is 1. The van der Waals surface area contributed by atoms with Crippen molar-refractivity contribution < 1.29 is 14.3 Å². The number of furan rings is 1. The molecule has 2 heterocycles. The predicted octanol–water partition coefficient (Wildman–Crippen LogP) is 3.01. The second-order valence-corrected chi connectivity index (χ2v) is 5.79. The number of rotatable bonds is 5. The number of likely N-dealkylation sites (N-methyl/N-ethyl adjacent to an activating group) is 1. The first-order valence-corrected chi connectivity index (χ1v) is 7.90. The number of thiazole rings is 1. The smallest absolute Gasteiger partial charge is 0.289 e. The van der Waals surface area contributed by atoms with Crippen LogP contribution in [0.4, 0.5) is 0 Å². The molecule has 0 saturated heterocycles. The molecule has 0 radical (unpaired) electrons. The van der Waals surface area contributed by atoms with E-state index in [0.717, 1.165) is 15.2 Å². The maximum absolute atomic E-state index is 12.3. The van der Waals surface area contributed by atoms with Crippen molar-refractivity contribution in [3.8, 4) is 10.8 Å². The molecule has 114 valence electrons. The third-order valence-corrected chi connectivity index (χ3v) is 4.41. The van der Waals surface area contributed by atoms with Gasteiger partial charge in [-0.15, -0.1) is 11.3 Å². The molecule has 1 amide bonds. The van der Waals surface area contributed by atoms with E-state index < -0.39 is 0 Å². The summed E-state index contributed by atoms with van der Waals surface area (Å²) in [6.07, 6.45) is 0. The third kappa shape index (κ3) is 2.75. The Morgan fingerprint density at radius 3 is 2.86 bits per heavy atom. The highest BCUT2D eigenvalue weighted by atomic mass is 32.1. The van der Waals surface area contributed by atoms with Crippen molar-refractivity contribution in [1.29, 1.82) is 0 Å². The predicted molar refractivity (Wildman–Crippen MR) is 86.0 cm³/mol. The van der Waals surface area contributed by atoms with Crippen LogP contribution in [0.2, 0.25) is 0 Å². The summed E-state index contributed by atoms with van der Waals surface area (Å²) < 4.78 is 6.75. The van der Waals surface area contributed by atoms with E-state index in [1.54, 1.807) is 17.0 Å². The fourth-order valence-electron chi connectivity index (χ4n) is 2.23. The van der Waals surface area contributed by atoms with Gasteiger partial charge in [0.25, 0.3) is 5.91 Å². The molecular weight excluding hydrogens is 300 g/mol. The molecule has 3 rings (SSSR count). The second-order valence-electron chi connectivity index (χ2n) is 4.76. The number of benzene rings is 1. The van der Waals surface area contributed by atoms with Gasteiger partial charge in [0.1, 0.15) is 0 Å². The van der Waals surface area contributed by atoms with Crippen molar-refractivity contribution in [2.24, 2.45) is 0 Å². The number of hydrogen-bond acceptors (Lipinski definition) is 5. The number of para-hydroxylation sites is 1. The molecule has 1 aromatic carbocycles. The largest absolute Gasteiger partial charge is 0.448 e. The van der Waals surface area contributed by atoms with Gasteiger partial charge in [-0.1, -0.05) is 12.1 Å². The monoisotopic (exact) mass is 316 g/mol. The van der Waals surface area contributed by atoms with Crippen molar-refractivity contribution in [2.75, 3.05) is 19.7 Å². The SMILES string of the molecule is CCN(CCO)C(=O)c1ccc(-c2nc3ccccc3s2)o1. The van der Waals surface area contributed by atoms with Gasteiger partial charge in [-0.05, 0) is 31.2 Å². The lowest BCUT2D eigenvalue weighted by Gasteiger charge is -2.17. The fraction of sp³-hybridized carbons (Fsp3) is 0.250. The first-order valence-electron chi connectivity index (χ1n) is 7.09. The van der Waals surface area contributed by atoms with Crippen LogP contribution in [0.3, 0.4) is 0 Å². The third-order valence-electron chi connectivity index (χ3n) is 3.36. The molecule has 0 fully saturated rings. The summed E-state index contributed by atoms with van der Waals surface area (Å²) in [5, 5.41) is 9.75. The highest BCUT2D eigenvalue weighted by Crippen LogP contribution is 2.31. The average molecular weight is 316 g/mol. The standard InChI is InChI=1S/C16H16N2O3S/c1-2-18(9-10-19)16(20)13-8-7-12(21-13)15-17-11-5-3-4-6-14(11)22-15/h3-8,19H,2,9-10H2,1H3. The Kier molecular flexibility index (Phi) is 4.22. The van der Waals surface area contributed by atoms with Crippen LogP contribution in [0.5, 0.6) is 0 Å². The van der Waals surface area contributed by atoms with E-state index in [9.17, 15) is 4.79 Å². The quantitative estimate of drug-likeness (QED) is 0.786. The molecule has 6 heteroatoms. The van der Waals surface area contributed by atoms with E-state index in [2.05, 4.69) is 4.98 Å². The minimum absolute atomic E-state index is 0.0645. The minimum atomic E-state index is -0.219. The van der Waals surface area contributed by atoms with Crippen molar-refractivity contribution in [3.05, 3.63) is 42.2 Å². The van der Waals surface area contributed by atoms with Crippen LogP contribution in [0.25, 0.3) is 21.0 Å². The maximum Gasteiger partial charge on any atom is 0.289 e. The minimum Gasteiger partial charge on any atom is -0.448 e. The first kappa shape index (κ1) is 14.7. The Hall–Kier alpha value is -2.18. The van der Waals surface area contributed by atoms with E-state index in [1.165, 1.54) is 11.3 Å². The van der Waals surface area contributed by atoms with Crippen LogP contribution in [0, 0.1) is 0 Å². The molecule has 0 bridgehead atoms. The maximum atomic E-state index is 12.3. The normalized spacial score (nSPS) is 11.0. The molecule has 5 nitrogen and oxygen atoms in total. The summed E-state index contributed by atoms with van der Waals surface area (Å²) in [5.41, 5.74) is 0.919. The van der Waals surface area contributed by atoms with Crippen LogP contribution < -0.4 is 0 Å². The van der Waals surface area contributed by atoms with Crippen molar-refractivity contribution in [2.45, 2.75) is 6.92 Å². The van der Waals surface area contributed by atoms with E-state index in [1.807, 2.05) is 31.2 Å². The Morgan fingerprint density at radius 1 is 1.32 bits per heavy atom. The highest BCUT2D eigenvalue weighted by molar-refractivity contribution is 7.21. The molecule has 0 atom stereocenters. The molecule has 3 aromatic rings. The first-order chi connectivity index (χ1) is 10.7. The molecule has 0 aliphatic rings. The zero-order valence-corrected chi connectivity index (χ0v) is 13.0. The van der Waals surface area contributed by atoms with Crippen LogP contribution in [0.15, 0.2) is 40.8 Å². The molecule has 0 saturated carbocycles. The Bertz CT molecular complexity index is 760. The lowest BCUT2D eigenvalue weighted by atomic mass is 10.3. The van der Waals surface area contributed by atoms with E-state index in [0.29, 0.717) is 18.8 Å². The zero-order valence-electron chi connectivity index (χ0n) is 12.2. The second kappa shape index (κ2) is 6.29. The van der Waals surface area contributed by atoms with Crippen molar-refractivity contribution in [1.82, 2.24) is 9.88 Å². The molecular formula is C16H16N2O3S. The van der Waals surface area contributed by atoms with Gasteiger partial charge >= 0.3 is 0 Å². The number of aromatic nitrogens is 1. The van der Waals surface area contributed by atoms with E-state index >= 15 is 0 Å². The van der Waals surface area contributed by atoms with Crippen LogP contribution >= 0.6 is 11.3 Å². The van der Waals surface area contributed by atoms with Crippen LogP contribution in [-0.2, 0) is 0 Å². The summed E-state index contributed by atoms with van der Waals surface area (Å²) in [7, 11) is 0. The van der Waals surface area contributed by atoms with Crippen LogP contribution in [0.1, 0.15) is 17.5 Å². The summed E-state index contributed by atoms with van der Waals surface area (Å²) >= 11 is 1.53. The molecule has 2 aromatic heterocycles. The number of nitrogens with zero attached hydrogens (tertiary/aromatic N) is 2. The molecule has 1 N–H and O–H groups in total. The molecule has 22 heavy (non-hydrogen) atoms. The molecule has 0 aliphatic carbocycles. The number of carbonyl (C=O) groups is 1. The van der Waals surface area contributed by atoms with Gasteiger partial charge in [-0.3, -0.25) is 4.79 Å². The molecule has 0 unspecified atom stereocenters. The zero-order chi connectivity index (χ0) is 15.5. The topological polar surface area (TPSA) is 66.6 Å². The average Bonchev–Trinajstić information content (AvgIpc) is 3.17.